The number of aryl methyl sites for hydroxylation is 1. The van der Waals surface area contributed by atoms with Gasteiger partial charge in [-0.25, -0.2) is 9.78 Å². The van der Waals surface area contributed by atoms with Crippen LogP contribution in [0.25, 0.3) is 11.0 Å². The van der Waals surface area contributed by atoms with E-state index in [1.807, 2.05) is 6.92 Å². The average Bonchev–Trinajstić information content (AvgIpc) is 3.07. The molecule has 2 aromatic rings. The number of pyridine rings is 1. The number of fused-ring (bicyclic) bond motifs is 1. The smallest absolute Gasteiger partial charge is 0.322 e. The summed E-state index contributed by atoms with van der Waals surface area (Å²) >= 11 is 0. The molecule has 2 fully saturated rings. The number of hydrogen-bond donors (Lipinski definition) is 3. The van der Waals surface area contributed by atoms with Crippen LogP contribution in [0.4, 0.5) is 4.79 Å². The van der Waals surface area contributed by atoms with Crippen LogP contribution >= 0.6 is 0 Å². The molecule has 3 N–H and O–H groups in total. The number of carbonyl (C=O) groups excluding carboxylic acids is 3. The number of urea groups is 1. The maximum Gasteiger partial charge on any atom is 0.322 e. The van der Waals surface area contributed by atoms with Crippen molar-refractivity contribution in [2.75, 3.05) is 13.1 Å². The number of nitrogens with zero attached hydrogens (tertiary/aromatic N) is 3. The summed E-state index contributed by atoms with van der Waals surface area (Å²) in [5.41, 5.74) is 1.04. The van der Waals surface area contributed by atoms with E-state index in [-0.39, 0.29) is 11.8 Å². The Kier molecular flexibility index (Phi) is 3.05. The van der Waals surface area contributed by atoms with Crippen LogP contribution in [0.1, 0.15) is 28.9 Å². The van der Waals surface area contributed by atoms with Crippen LogP contribution in [-0.4, -0.2) is 56.6 Å². The highest BCUT2D eigenvalue weighted by atomic mass is 16.2. The van der Waals surface area contributed by atoms with E-state index in [0.29, 0.717) is 37.1 Å². The summed E-state index contributed by atoms with van der Waals surface area (Å²) in [5.74, 6) is -0.443. The molecule has 9 heteroatoms. The highest BCUT2D eigenvalue weighted by Crippen LogP contribution is 2.26. The van der Waals surface area contributed by atoms with Crippen molar-refractivity contribution in [1.29, 1.82) is 0 Å². The molecule has 9 nitrogen and oxygen atoms in total. The summed E-state index contributed by atoms with van der Waals surface area (Å²) in [7, 11) is 0. The first-order valence-corrected chi connectivity index (χ1v) is 7.72. The van der Waals surface area contributed by atoms with Crippen LogP contribution in [0.2, 0.25) is 0 Å². The first-order valence-electron chi connectivity index (χ1n) is 7.72. The van der Waals surface area contributed by atoms with Crippen LogP contribution in [0, 0.1) is 6.92 Å². The lowest BCUT2D eigenvalue weighted by Crippen LogP contribution is -2.55. The number of carbonyl (C=O) groups is 3. The van der Waals surface area contributed by atoms with Crippen molar-refractivity contribution in [3.8, 4) is 0 Å². The van der Waals surface area contributed by atoms with Crippen LogP contribution in [0.15, 0.2) is 12.3 Å². The number of amides is 4. The largest absolute Gasteiger partial charge is 0.338 e. The molecule has 4 rings (SSSR count). The van der Waals surface area contributed by atoms with E-state index in [1.54, 1.807) is 11.0 Å². The molecule has 0 saturated carbocycles. The molecule has 24 heavy (non-hydrogen) atoms. The van der Waals surface area contributed by atoms with E-state index < -0.39 is 11.6 Å². The highest BCUT2D eigenvalue weighted by Gasteiger charge is 2.48. The standard InChI is InChI=1S/C15H16N6O3/c1-8-10-6-9(7-16-11(10)20-19-8)12(22)21-4-2-15(3-5-21)13(23)17-14(24)18-15/h6-7H,2-5H2,1H3,(H,16,19,20)(H2,17,18,23,24). The maximum atomic E-state index is 12.7. The van der Waals surface area contributed by atoms with Crippen LogP contribution in [-0.2, 0) is 4.79 Å². The molecular formula is C15H16N6O3. The van der Waals surface area contributed by atoms with Gasteiger partial charge in [-0.05, 0) is 25.8 Å². The summed E-state index contributed by atoms with van der Waals surface area (Å²) in [6.45, 7) is 2.67. The van der Waals surface area contributed by atoms with Gasteiger partial charge in [0.05, 0.1) is 5.56 Å². The Morgan fingerprint density at radius 1 is 1.29 bits per heavy atom. The van der Waals surface area contributed by atoms with Gasteiger partial charge in [0.15, 0.2) is 5.65 Å². The molecule has 4 amide bonds. The number of imide groups is 1. The lowest BCUT2D eigenvalue weighted by molar-refractivity contribution is -0.125. The highest BCUT2D eigenvalue weighted by molar-refractivity contribution is 6.07. The number of aromatic amines is 1. The topological polar surface area (TPSA) is 120 Å². The third-order valence-electron chi connectivity index (χ3n) is 4.77. The number of likely N-dealkylation sites (tertiary alicyclic amines) is 1. The second-order valence-electron chi connectivity index (χ2n) is 6.23. The number of piperidine rings is 1. The third kappa shape index (κ3) is 2.12. The number of rotatable bonds is 1. The second-order valence-corrected chi connectivity index (χ2v) is 6.23. The Hall–Kier alpha value is -2.97. The molecule has 2 aliphatic rings. The third-order valence-corrected chi connectivity index (χ3v) is 4.77. The minimum atomic E-state index is -0.878. The molecule has 0 aromatic carbocycles. The molecular weight excluding hydrogens is 312 g/mol. The average molecular weight is 328 g/mol. The normalized spacial score (nSPS) is 19.6. The SMILES string of the molecule is Cc1[nH]nc2ncc(C(=O)N3CCC4(CC3)NC(=O)NC4=O)cc12. The lowest BCUT2D eigenvalue weighted by Gasteiger charge is -2.36. The summed E-state index contributed by atoms with van der Waals surface area (Å²) in [6.07, 6.45) is 2.31. The van der Waals surface area contributed by atoms with Crippen molar-refractivity contribution in [1.82, 2.24) is 30.7 Å². The minimum Gasteiger partial charge on any atom is -0.338 e. The molecule has 1 spiro atoms. The van der Waals surface area contributed by atoms with Crippen molar-refractivity contribution in [3.63, 3.8) is 0 Å². The van der Waals surface area contributed by atoms with Crippen LogP contribution in [0.3, 0.4) is 0 Å². The van der Waals surface area contributed by atoms with Gasteiger partial charge < -0.3 is 10.2 Å². The second kappa shape index (κ2) is 5.02. The van der Waals surface area contributed by atoms with Gasteiger partial charge in [-0.3, -0.25) is 20.0 Å². The van der Waals surface area contributed by atoms with Crippen molar-refractivity contribution in [2.45, 2.75) is 25.3 Å². The molecule has 124 valence electrons. The summed E-state index contributed by atoms with van der Waals surface area (Å²) in [6, 6.07) is 1.31. The fourth-order valence-electron chi connectivity index (χ4n) is 3.29. The van der Waals surface area contributed by atoms with Crippen molar-refractivity contribution in [3.05, 3.63) is 23.5 Å². The number of aromatic nitrogens is 3. The molecule has 2 aromatic heterocycles. The lowest BCUT2D eigenvalue weighted by atomic mass is 9.87. The monoisotopic (exact) mass is 328 g/mol. The Bertz CT molecular complexity index is 865. The van der Waals surface area contributed by atoms with Crippen molar-refractivity contribution in [2.24, 2.45) is 0 Å². The number of hydrogen-bond acceptors (Lipinski definition) is 5. The quantitative estimate of drug-likeness (QED) is 0.640. The first kappa shape index (κ1) is 14.6. The Labute approximate surface area is 136 Å². The van der Waals surface area contributed by atoms with E-state index in [9.17, 15) is 14.4 Å². The van der Waals surface area contributed by atoms with Crippen LogP contribution in [0.5, 0.6) is 0 Å². The number of nitrogens with one attached hydrogen (secondary N) is 3. The molecule has 2 aliphatic heterocycles. The Balaban J connectivity index is 1.52. The molecule has 0 atom stereocenters. The van der Waals surface area contributed by atoms with Gasteiger partial charge in [0.2, 0.25) is 0 Å². The van der Waals surface area contributed by atoms with Gasteiger partial charge in [-0.15, -0.1) is 0 Å². The molecule has 2 saturated heterocycles. The summed E-state index contributed by atoms with van der Waals surface area (Å²) in [5, 5.41) is 12.7. The molecule has 0 bridgehead atoms. The minimum absolute atomic E-state index is 0.135. The summed E-state index contributed by atoms with van der Waals surface area (Å²) < 4.78 is 0. The Morgan fingerprint density at radius 3 is 2.71 bits per heavy atom. The zero-order valence-corrected chi connectivity index (χ0v) is 13.0. The van der Waals surface area contributed by atoms with E-state index >= 15 is 0 Å². The number of H-pyrrole nitrogens is 1. The van der Waals surface area contributed by atoms with Crippen molar-refractivity contribution >= 4 is 28.9 Å². The van der Waals surface area contributed by atoms with E-state index in [2.05, 4.69) is 25.8 Å². The van der Waals surface area contributed by atoms with Gasteiger partial charge in [-0.2, -0.15) is 5.10 Å². The zero-order valence-electron chi connectivity index (χ0n) is 13.0. The van der Waals surface area contributed by atoms with E-state index in [4.69, 9.17) is 0 Å². The predicted molar refractivity (Wildman–Crippen MR) is 83.2 cm³/mol. The fourth-order valence-corrected chi connectivity index (χ4v) is 3.29. The fraction of sp³-hybridized carbons (Fsp3) is 0.400. The van der Waals surface area contributed by atoms with Gasteiger partial charge >= 0.3 is 6.03 Å². The first-order chi connectivity index (χ1) is 11.5. The van der Waals surface area contributed by atoms with Crippen LogP contribution < -0.4 is 10.6 Å². The van der Waals surface area contributed by atoms with Gasteiger partial charge in [-0.1, -0.05) is 0 Å². The molecule has 0 unspecified atom stereocenters. The van der Waals surface area contributed by atoms with Gasteiger partial charge in [0, 0.05) is 30.4 Å². The van der Waals surface area contributed by atoms with Crippen molar-refractivity contribution < 1.29 is 14.4 Å². The maximum absolute atomic E-state index is 12.7. The molecule has 4 heterocycles. The van der Waals surface area contributed by atoms with E-state index in [1.165, 1.54) is 6.20 Å². The van der Waals surface area contributed by atoms with E-state index in [0.717, 1.165) is 11.1 Å². The predicted octanol–water partition coefficient (Wildman–Crippen LogP) is 0.0805. The summed E-state index contributed by atoms with van der Waals surface area (Å²) in [4.78, 5) is 41.9. The zero-order chi connectivity index (χ0) is 16.9. The van der Waals surface area contributed by atoms with Gasteiger partial charge in [0.25, 0.3) is 11.8 Å². The molecule has 0 aliphatic carbocycles. The molecule has 0 radical (unpaired) electrons. The Morgan fingerprint density at radius 2 is 2.04 bits per heavy atom. The van der Waals surface area contributed by atoms with Gasteiger partial charge in [0.1, 0.15) is 5.54 Å².